The van der Waals surface area contributed by atoms with Crippen LogP contribution < -0.4 is 9.62 Å². The van der Waals surface area contributed by atoms with Crippen LogP contribution in [-0.4, -0.2) is 50.0 Å². The highest BCUT2D eigenvalue weighted by molar-refractivity contribution is 7.92. The van der Waals surface area contributed by atoms with E-state index >= 15 is 0 Å². The van der Waals surface area contributed by atoms with E-state index < -0.39 is 34.3 Å². The Hall–Kier alpha value is -2.65. The molecular weight excluding hydrogens is 493 g/mol. The maximum atomic E-state index is 13.5. The molecule has 1 saturated carbocycles. The van der Waals surface area contributed by atoms with Gasteiger partial charge in [0, 0.05) is 17.6 Å². The van der Waals surface area contributed by atoms with Crippen molar-refractivity contribution in [3.8, 4) is 0 Å². The molecule has 0 saturated heterocycles. The minimum absolute atomic E-state index is 0.0244. The smallest absolute Gasteiger partial charge is 0.244 e. The third kappa shape index (κ3) is 7.67. The molecule has 0 bridgehead atoms. The van der Waals surface area contributed by atoms with Crippen molar-refractivity contribution < 1.29 is 22.4 Å². The monoisotopic (exact) mass is 523 g/mol. The van der Waals surface area contributed by atoms with Crippen LogP contribution in [0.1, 0.15) is 44.6 Å². The number of amides is 2. The van der Waals surface area contributed by atoms with Gasteiger partial charge in [-0.1, -0.05) is 43.0 Å². The highest BCUT2D eigenvalue weighted by Crippen LogP contribution is 2.22. The highest BCUT2D eigenvalue weighted by Gasteiger charge is 2.31. The number of hydrogen-bond acceptors (Lipinski definition) is 4. The lowest BCUT2D eigenvalue weighted by atomic mass is 9.95. The van der Waals surface area contributed by atoms with Gasteiger partial charge in [-0.25, -0.2) is 12.8 Å². The molecular formula is C25H31ClFN3O4S. The lowest BCUT2D eigenvalue weighted by Crippen LogP contribution is -2.52. The van der Waals surface area contributed by atoms with Crippen LogP contribution in [0.2, 0.25) is 5.02 Å². The molecule has 1 aliphatic carbocycles. The molecule has 0 aromatic heterocycles. The van der Waals surface area contributed by atoms with E-state index in [1.165, 1.54) is 53.4 Å². The van der Waals surface area contributed by atoms with E-state index in [4.69, 9.17) is 11.6 Å². The Morgan fingerprint density at radius 1 is 1.06 bits per heavy atom. The second-order valence-corrected chi connectivity index (χ2v) is 11.3. The van der Waals surface area contributed by atoms with Crippen LogP contribution in [-0.2, 0) is 26.2 Å². The zero-order valence-corrected chi connectivity index (χ0v) is 21.5. The van der Waals surface area contributed by atoms with Crippen LogP contribution in [0.3, 0.4) is 0 Å². The molecule has 2 aromatic carbocycles. The van der Waals surface area contributed by atoms with E-state index in [-0.39, 0.29) is 24.2 Å². The van der Waals surface area contributed by atoms with Gasteiger partial charge in [-0.3, -0.25) is 13.9 Å². The molecule has 0 spiro atoms. The third-order valence-corrected chi connectivity index (χ3v) is 7.57. The van der Waals surface area contributed by atoms with E-state index in [1.54, 1.807) is 6.92 Å². The Morgan fingerprint density at radius 3 is 2.23 bits per heavy atom. The summed E-state index contributed by atoms with van der Waals surface area (Å²) in [6, 6.07) is 10.9. The molecule has 0 aliphatic heterocycles. The Morgan fingerprint density at radius 2 is 1.66 bits per heavy atom. The first-order chi connectivity index (χ1) is 16.5. The first-order valence-electron chi connectivity index (χ1n) is 11.6. The Bertz CT molecular complexity index is 1120. The molecule has 1 atom stereocenters. The van der Waals surface area contributed by atoms with Crippen molar-refractivity contribution >= 4 is 39.1 Å². The van der Waals surface area contributed by atoms with E-state index in [9.17, 15) is 22.4 Å². The van der Waals surface area contributed by atoms with Crippen molar-refractivity contribution in [2.75, 3.05) is 17.1 Å². The fourth-order valence-corrected chi connectivity index (χ4v) is 5.13. The average Bonchev–Trinajstić information content (AvgIpc) is 2.82. The zero-order valence-electron chi connectivity index (χ0n) is 19.9. The quantitative estimate of drug-likeness (QED) is 0.536. The zero-order chi connectivity index (χ0) is 25.6. The highest BCUT2D eigenvalue weighted by atomic mass is 35.5. The van der Waals surface area contributed by atoms with Crippen molar-refractivity contribution in [1.82, 2.24) is 10.2 Å². The summed E-state index contributed by atoms with van der Waals surface area (Å²) in [4.78, 5) is 27.9. The van der Waals surface area contributed by atoms with E-state index in [2.05, 4.69) is 5.32 Å². The van der Waals surface area contributed by atoms with Crippen molar-refractivity contribution in [1.29, 1.82) is 0 Å². The predicted molar refractivity (Wildman–Crippen MR) is 135 cm³/mol. The Kier molecular flexibility index (Phi) is 9.13. The number of rotatable bonds is 9. The average molecular weight is 524 g/mol. The summed E-state index contributed by atoms with van der Waals surface area (Å²) in [6.45, 7) is 1.14. The molecule has 190 valence electrons. The molecule has 0 unspecified atom stereocenters. The van der Waals surface area contributed by atoms with E-state index in [0.29, 0.717) is 10.6 Å². The van der Waals surface area contributed by atoms with Crippen LogP contribution in [0.5, 0.6) is 0 Å². The number of carbonyl (C=O) groups excluding carboxylic acids is 2. The number of benzene rings is 2. The van der Waals surface area contributed by atoms with Gasteiger partial charge in [-0.05, 0) is 61.7 Å². The second kappa shape index (κ2) is 11.9. The van der Waals surface area contributed by atoms with Crippen LogP contribution >= 0.6 is 11.6 Å². The number of sulfonamides is 1. The standard InChI is InChI=1S/C25H31ClFN3O4S/c1-18(25(32)28-22-6-4-3-5-7-22)29(16-19-8-12-21(27)13-9-19)24(31)17-30(35(2,33)34)23-14-10-20(26)11-15-23/h8-15,18,22H,3-7,16-17H2,1-2H3,(H,28,32)/t18-/m1/s1. The van der Waals surface area contributed by atoms with Gasteiger partial charge in [0.15, 0.2) is 0 Å². The molecule has 7 nitrogen and oxygen atoms in total. The molecule has 2 amide bonds. The van der Waals surface area contributed by atoms with Crippen LogP contribution in [0, 0.1) is 5.82 Å². The molecule has 1 aliphatic rings. The number of anilines is 1. The van der Waals surface area contributed by atoms with Gasteiger partial charge in [0.25, 0.3) is 0 Å². The molecule has 0 radical (unpaired) electrons. The van der Waals surface area contributed by atoms with Gasteiger partial charge >= 0.3 is 0 Å². The third-order valence-electron chi connectivity index (χ3n) is 6.18. The molecule has 3 rings (SSSR count). The predicted octanol–water partition coefficient (Wildman–Crippen LogP) is 4.11. The topological polar surface area (TPSA) is 86.8 Å². The lowest BCUT2D eigenvalue weighted by molar-refractivity contribution is -0.139. The normalized spacial score (nSPS) is 15.3. The Labute approximate surface area is 211 Å². The summed E-state index contributed by atoms with van der Waals surface area (Å²) in [7, 11) is -3.81. The fourth-order valence-electron chi connectivity index (χ4n) is 4.16. The molecule has 2 aromatic rings. The van der Waals surface area contributed by atoms with Crippen molar-refractivity contribution in [2.45, 2.75) is 57.7 Å². The first-order valence-corrected chi connectivity index (χ1v) is 13.8. The number of halogens is 2. The lowest BCUT2D eigenvalue weighted by Gasteiger charge is -2.33. The fraction of sp³-hybridized carbons (Fsp3) is 0.440. The SMILES string of the molecule is C[C@H](C(=O)NC1CCCCC1)N(Cc1ccc(F)cc1)C(=O)CN(c1ccc(Cl)cc1)S(C)(=O)=O. The molecule has 10 heteroatoms. The van der Waals surface area contributed by atoms with Gasteiger partial charge in [0.05, 0.1) is 11.9 Å². The van der Waals surface area contributed by atoms with Crippen LogP contribution in [0.15, 0.2) is 48.5 Å². The van der Waals surface area contributed by atoms with Gasteiger partial charge < -0.3 is 10.2 Å². The molecule has 1 N–H and O–H groups in total. The largest absolute Gasteiger partial charge is 0.352 e. The molecule has 35 heavy (non-hydrogen) atoms. The van der Waals surface area contributed by atoms with E-state index in [1.807, 2.05) is 0 Å². The molecule has 0 heterocycles. The number of hydrogen-bond donors (Lipinski definition) is 1. The van der Waals surface area contributed by atoms with Crippen LogP contribution in [0.25, 0.3) is 0 Å². The maximum absolute atomic E-state index is 13.5. The van der Waals surface area contributed by atoms with Gasteiger partial charge in [0.2, 0.25) is 21.8 Å². The summed E-state index contributed by atoms with van der Waals surface area (Å²) >= 11 is 5.93. The van der Waals surface area contributed by atoms with E-state index in [0.717, 1.165) is 42.7 Å². The summed E-state index contributed by atoms with van der Waals surface area (Å²) in [6.07, 6.45) is 6.02. The minimum atomic E-state index is -3.81. The maximum Gasteiger partial charge on any atom is 0.244 e. The van der Waals surface area contributed by atoms with Gasteiger partial charge in [-0.2, -0.15) is 0 Å². The number of carbonyl (C=O) groups is 2. The van der Waals surface area contributed by atoms with Gasteiger partial charge in [-0.15, -0.1) is 0 Å². The Balaban J connectivity index is 1.85. The summed E-state index contributed by atoms with van der Waals surface area (Å²) in [5.74, 6) is -1.27. The van der Waals surface area contributed by atoms with Crippen molar-refractivity contribution in [3.05, 3.63) is 64.9 Å². The van der Waals surface area contributed by atoms with Crippen molar-refractivity contribution in [2.24, 2.45) is 0 Å². The number of nitrogens with one attached hydrogen (secondary N) is 1. The summed E-state index contributed by atoms with van der Waals surface area (Å²) in [5, 5.41) is 3.46. The minimum Gasteiger partial charge on any atom is -0.352 e. The molecule has 1 fully saturated rings. The number of nitrogens with zero attached hydrogens (tertiary/aromatic N) is 2. The van der Waals surface area contributed by atoms with Crippen molar-refractivity contribution in [3.63, 3.8) is 0 Å². The summed E-state index contributed by atoms with van der Waals surface area (Å²) < 4.78 is 39.5. The first kappa shape index (κ1) is 26.9. The second-order valence-electron chi connectivity index (χ2n) is 8.91. The van der Waals surface area contributed by atoms with Gasteiger partial charge in [0.1, 0.15) is 18.4 Å². The summed E-state index contributed by atoms with van der Waals surface area (Å²) in [5.41, 5.74) is 0.903. The van der Waals surface area contributed by atoms with Crippen LogP contribution in [0.4, 0.5) is 10.1 Å².